The summed E-state index contributed by atoms with van der Waals surface area (Å²) < 4.78 is 5.01. The summed E-state index contributed by atoms with van der Waals surface area (Å²) in [6, 6.07) is 13.3. The highest BCUT2D eigenvalue weighted by Crippen LogP contribution is 2.23. The number of nitrogens with one attached hydrogen (secondary N) is 2. The molecule has 3 rings (SSSR count). The third-order valence-electron chi connectivity index (χ3n) is 4.58. The lowest BCUT2D eigenvalue weighted by atomic mass is 9.94. The molecule has 1 fully saturated rings. The number of esters is 1. The van der Waals surface area contributed by atoms with E-state index >= 15 is 0 Å². The van der Waals surface area contributed by atoms with Gasteiger partial charge in [0.15, 0.2) is 0 Å². The molecule has 0 atom stereocenters. The standard InChI is InChI=1S/C23H24N2O4/c1-16(26)29-21-12-5-9-18(14-21)23(28)25-20-11-6-10-19(15-20)24-22(27)13-17-7-3-2-4-8-17/h5-6,9-15H,2-4,7-8H2,1H3,(H,24,27)(H,25,28). The van der Waals surface area contributed by atoms with E-state index in [-0.39, 0.29) is 11.8 Å². The first-order valence-electron chi connectivity index (χ1n) is 9.70. The van der Waals surface area contributed by atoms with Crippen molar-refractivity contribution >= 4 is 29.2 Å². The second-order valence-electron chi connectivity index (χ2n) is 7.01. The van der Waals surface area contributed by atoms with Crippen LogP contribution in [0.15, 0.2) is 60.2 Å². The Bertz CT molecular complexity index is 941. The molecule has 0 heterocycles. The van der Waals surface area contributed by atoms with Gasteiger partial charge in [0.2, 0.25) is 5.91 Å². The zero-order chi connectivity index (χ0) is 20.6. The highest BCUT2D eigenvalue weighted by molar-refractivity contribution is 6.05. The fraction of sp³-hybridized carbons (Fsp3) is 0.261. The average Bonchev–Trinajstić information content (AvgIpc) is 2.68. The minimum Gasteiger partial charge on any atom is -0.427 e. The van der Waals surface area contributed by atoms with Crippen molar-refractivity contribution in [2.45, 2.75) is 39.0 Å². The van der Waals surface area contributed by atoms with E-state index in [1.807, 2.05) is 0 Å². The Morgan fingerprint density at radius 2 is 1.59 bits per heavy atom. The maximum Gasteiger partial charge on any atom is 0.308 e. The van der Waals surface area contributed by atoms with E-state index in [9.17, 15) is 14.4 Å². The molecule has 0 bridgehead atoms. The molecule has 1 saturated carbocycles. The van der Waals surface area contributed by atoms with E-state index in [1.165, 1.54) is 25.0 Å². The maximum atomic E-state index is 12.5. The van der Waals surface area contributed by atoms with Crippen LogP contribution in [0.25, 0.3) is 0 Å². The Balaban J connectivity index is 1.64. The van der Waals surface area contributed by atoms with Crippen molar-refractivity contribution in [2.24, 2.45) is 0 Å². The molecule has 0 spiro atoms. The fourth-order valence-electron chi connectivity index (χ4n) is 3.26. The highest BCUT2D eigenvalue weighted by atomic mass is 16.5. The smallest absolute Gasteiger partial charge is 0.308 e. The third kappa shape index (κ3) is 6.31. The largest absolute Gasteiger partial charge is 0.427 e. The van der Waals surface area contributed by atoms with Gasteiger partial charge in [-0.15, -0.1) is 0 Å². The Morgan fingerprint density at radius 1 is 0.897 bits per heavy atom. The molecule has 1 aliphatic carbocycles. The number of allylic oxidation sites excluding steroid dienone is 1. The Hall–Kier alpha value is -3.41. The predicted octanol–water partition coefficient (Wildman–Crippen LogP) is 4.69. The molecule has 0 radical (unpaired) electrons. The van der Waals surface area contributed by atoms with Gasteiger partial charge in [-0.2, -0.15) is 0 Å². The number of amides is 2. The van der Waals surface area contributed by atoms with Crippen molar-refractivity contribution < 1.29 is 19.1 Å². The lowest BCUT2D eigenvalue weighted by Gasteiger charge is -2.13. The van der Waals surface area contributed by atoms with E-state index in [1.54, 1.807) is 48.5 Å². The summed E-state index contributed by atoms with van der Waals surface area (Å²) in [5, 5.41) is 5.64. The highest BCUT2D eigenvalue weighted by Gasteiger charge is 2.10. The van der Waals surface area contributed by atoms with Gasteiger partial charge in [-0.3, -0.25) is 14.4 Å². The first-order valence-corrected chi connectivity index (χ1v) is 9.70. The van der Waals surface area contributed by atoms with Gasteiger partial charge in [-0.05, 0) is 62.1 Å². The van der Waals surface area contributed by atoms with Crippen molar-refractivity contribution in [3.05, 3.63) is 65.7 Å². The van der Waals surface area contributed by atoms with Crippen LogP contribution >= 0.6 is 0 Å². The molecule has 0 saturated heterocycles. The van der Waals surface area contributed by atoms with E-state index in [4.69, 9.17) is 4.74 Å². The number of benzene rings is 2. The van der Waals surface area contributed by atoms with Gasteiger partial charge in [-0.1, -0.05) is 24.1 Å². The summed E-state index contributed by atoms with van der Waals surface area (Å²) in [5.74, 6) is -0.637. The predicted molar refractivity (Wildman–Crippen MR) is 112 cm³/mol. The van der Waals surface area contributed by atoms with Crippen LogP contribution in [0.4, 0.5) is 11.4 Å². The zero-order valence-electron chi connectivity index (χ0n) is 16.4. The first-order chi connectivity index (χ1) is 14.0. The first kappa shape index (κ1) is 20.3. The molecular weight excluding hydrogens is 368 g/mol. The van der Waals surface area contributed by atoms with E-state index in [2.05, 4.69) is 10.6 Å². The van der Waals surface area contributed by atoms with Gasteiger partial charge >= 0.3 is 5.97 Å². The van der Waals surface area contributed by atoms with Gasteiger partial charge < -0.3 is 15.4 Å². The summed E-state index contributed by atoms with van der Waals surface area (Å²) in [6.07, 6.45) is 7.15. The summed E-state index contributed by atoms with van der Waals surface area (Å²) in [5.41, 5.74) is 2.70. The van der Waals surface area contributed by atoms with E-state index < -0.39 is 5.97 Å². The van der Waals surface area contributed by atoms with Crippen LogP contribution < -0.4 is 15.4 Å². The molecule has 0 aromatic heterocycles. The van der Waals surface area contributed by atoms with Gasteiger partial charge in [0, 0.05) is 29.9 Å². The van der Waals surface area contributed by atoms with Crippen molar-refractivity contribution in [3.8, 4) is 5.75 Å². The molecule has 6 nitrogen and oxygen atoms in total. The number of ether oxygens (including phenoxy) is 1. The summed E-state index contributed by atoms with van der Waals surface area (Å²) in [6.45, 7) is 1.30. The van der Waals surface area contributed by atoms with Crippen LogP contribution in [0, 0.1) is 0 Å². The van der Waals surface area contributed by atoms with Crippen LogP contribution in [0.1, 0.15) is 49.4 Å². The molecule has 2 aromatic carbocycles. The SMILES string of the molecule is CC(=O)Oc1cccc(C(=O)Nc2cccc(NC(=O)C=C3CCCCC3)c2)c1. The molecule has 1 aliphatic rings. The summed E-state index contributed by atoms with van der Waals surface area (Å²) in [4.78, 5) is 35.8. The fourth-order valence-corrected chi connectivity index (χ4v) is 3.26. The molecule has 2 amide bonds. The van der Waals surface area contributed by atoms with Crippen LogP contribution in [-0.2, 0) is 9.59 Å². The molecular formula is C23H24N2O4. The van der Waals surface area contributed by atoms with E-state index in [0.29, 0.717) is 22.7 Å². The number of carbonyl (C=O) groups excluding carboxylic acids is 3. The van der Waals surface area contributed by atoms with Crippen LogP contribution in [0.5, 0.6) is 5.75 Å². The van der Waals surface area contributed by atoms with Gasteiger partial charge in [0.05, 0.1) is 0 Å². The third-order valence-corrected chi connectivity index (χ3v) is 4.58. The second kappa shape index (κ2) is 9.68. The molecule has 150 valence electrons. The topological polar surface area (TPSA) is 84.5 Å². The lowest BCUT2D eigenvalue weighted by Crippen LogP contribution is -2.13. The molecule has 2 aromatic rings. The average molecular weight is 392 g/mol. The number of hydrogen-bond acceptors (Lipinski definition) is 4. The van der Waals surface area contributed by atoms with E-state index in [0.717, 1.165) is 25.7 Å². The molecule has 2 N–H and O–H groups in total. The van der Waals surface area contributed by atoms with Crippen molar-refractivity contribution in [1.82, 2.24) is 0 Å². The van der Waals surface area contributed by atoms with Gasteiger partial charge in [-0.25, -0.2) is 0 Å². The summed E-state index contributed by atoms with van der Waals surface area (Å²) >= 11 is 0. The zero-order valence-corrected chi connectivity index (χ0v) is 16.4. The van der Waals surface area contributed by atoms with Crippen molar-refractivity contribution in [3.63, 3.8) is 0 Å². The number of carbonyl (C=O) groups is 3. The Morgan fingerprint density at radius 3 is 2.31 bits per heavy atom. The van der Waals surface area contributed by atoms with Crippen molar-refractivity contribution in [1.29, 1.82) is 0 Å². The molecule has 6 heteroatoms. The number of hydrogen-bond donors (Lipinski definition) is 2. The number of anilines is 2. The maximum absolute atomic E-state index is 12.5. The molecule has 29 heavy (non-hydrogen) atoms. The van der Waals surface area contributed by atoms with Crippen molar-refractivity contribution in [2.75, 3.05) is 10.6 Å². The molecule has 0 aliphatic heterocycles. The van der Waals surface area contributed by atoms with Gasteiger partial charge in [0.25, 0.3) is 5.91 Å². The van der Waals surface area contributed by atoms with Gasteiger partial charge in [0.1, 0.15) is 5.75 Å². The monoisotopic (exact) mass is 392 g/mol. The quantitative estimate of drug-likeness (QED) is 0.439. The minimum atomic E-state index is -0.450. The van der Waals surface area contributed by atoms with Crippen LogP contribution in [0.2, 0.25) is 0 Å². The van der Waals surface area contributed by atoms with Crippen LogP contribution in [0.3, 0.4) is 0 Å². The summed E-state index contributed by atoms with van der Waals surface area (Å²) in [7, 11) is 0. The van der Waals surface area contributed by atoms with Crippen LogP contribution in [-0.4, -0.2) is 17.8 Å². The number of rotatable bonds is 5. The second-order valence-corrected chi connectivity index (χ2v) is 7.01. The lowest BCUT2D eigenvalue weighted by molar-refractivity contribution is -0.131. The minimum absolute atomic E-state index is 0.153. The molecule has 0 unspecified atom stereocenters. The normalized spacial score (nSPS) is 13.3. The Kier molecular flexibility index (Phi) is 6.79. The Labute approximate surface area is 170 Å².